The van der Waals surface area contributed by atoms with Gasteiger partial charge in [-0.1, -0.05) is 34.6 Å². The zero-order valence-electron chi connectivity index (χ0n) is 9.23. The molecule has 88 valence electrons. The molecule has 1 aliphatic rings. The molecule has 1 amide bonds. The summed E-state index contributed by atoms with van der Waals surface area (Å²) in [5, 5.41) is 0. The molecule has 1 aromatic rings. The maximum Gasteiger partial charge on any atom is 0.237 e. The first-order valence-corrected chi connectivity index (χ1v) is 6.15. The molecular formula is C13H12BrNO2. The van der Waals surface area contributed by atoms with Crippen molar-refractivity contribution in [2.24, 2.45) is 5.92 Å². The Morgan fingerprint density at radius 1 is 1.53 bits per heavy atom. The molecule has 0 bridgehead atoms. The van der Waals surface area contributed by atoms with Gasteiger partial charge in [-0.25, -0.2) is 0 Å². The molecule has 4 heteroatoms. The number of rotatable bonds is 3. The van der Waals surface area contributed by atoms with E-state index < -0.39 is 5.92 Å². The van der Waals surface area contributed by atoms with E-state index in [0.717, 1.165) is 4.47 Å². The van der Waals surface area contributed by atoms with Gasteiger partial charge in [0.2, 0.25) is 5.91 Å². The molecule has 0 spiro atoms. The zero-order valence-corrected chi connectivity index (χ0v) is 10.8. The molecule has 2 rings (SSSR count). The second-order valence-electron chi connectivity index (χ2n) is 3.93. The number of carbonyl (C=O) groups is 2. The third-order valence-corrected chi connectivity index (χ3v) is 3.38. The van der Waals surface area contributed by atoms with Gasteiger partial charge in [0.15, 0.2) is 5.78 Å². The van der Waals surface area contributed by atoms with Gasteiger partial charge >= 0.3 is 0 Å². The quantitative estimate of drug-likeness (QED) is 0.635. The molecule has 1 fully saturated rings. The Balaban J connectivity index is 2.22. The van der Waals surface area contributed by atoms with Crippen molar-refractivity contribution in [2.75, 3.05) is 6.54 Å². The summed E-state index contributed by atoms with van der Waals surface area (Å²) in [7, 11) is 0. The molecule has 17 heavy (non-hydrogen) atoms. The first-order chi connectivity index (χ1) is 8.13. The van der Waals surface area contributed by atoms with E-state index in [4.69, 9.17) is 0 Å². The minimum atomic E-state index is -0.553. The molecule has 0 aromatic heterocycles. The molecule has 0 N–H and O–H groups in total. The number of hydrogen-bond acceptors (Lipinski definition) is 2. The number of amides is 1. The minimum absolute atomic E-state index is 0.111. The lowest BCUT2D eigenvalue weighted by molar-refractivity contribution is -0.127. The molecule has 0 radical (unpaired) electrons. The van der Waals surface area contributed by atoms with Crippen molar-refractivity contribution in [3.8, 4) is 0 Å². The van der Waals surface area contributed by atoms with E-state index in [9.17, 15) is 9.59 Å². The van der Waals surface area contributed by atoms with Gasteiger partial charge in [0.25, 0.3) is 0 Å². The van der Waals surface area contributed by atoms with Gasteiger partial charge in [0.05, 0.1) is 0 Å². The van der Waals surface area contributed by atoms with E-state index in [1.165, 1.54) is 11.1 Å². The summed E-state index contributed by atoms with van der Waals surface area (Å²) in [6.07, 6.45) is 2.05. The lowest BCUT2D eigenvalue weighted by Crippen LogP contribution is -2.26. The smallest absolute Gasteiger partial charge is 0.237 e. The van der Waals surface area contributed by atoms with Crippen LogP contribution in [0.3, 0.4) is 0 Å². The van der Waals surface area contributed by atoms with Crippen LogP contribution in [0.25, 0.3) is 0 Å². The van der Waals surface area contributed by atoms with Crippen molar-refractivity contribution in [2.45, 2.75) is 6.42 Å². The molecule has 0 saturated carbocycles. The van der Waals surface area contributed by atoms with Crippen LogP contribution >= 0.6 is 15.9 Å². The van der Waals surface area contributed by atoms with Crippen LogP contribution in [-0.2, 0) is 4.79 Å². The normalized spacial score (nSPS) is 19.5. The van der Waals surface area contributed by atoms with E-state index in [0.29, 0.717) is 18.5 Å². The Labute approximate surface area is 108 Å². The molecule has 1 aromatic carbocycles. The Morgan fingerprint density at radius 3 is 2.88 bits per heavy atom. The van der Waals surface area contributed by atoms with Crippen molar-refractivity contribution in [1.82, 2.24) is 4.90 Å². The summed E-state index contributed by atoms with van der Waals surface area (Å²) in [6.45, 7) is 4.14. The number of ketones is 1. The van der Waals surface area contributed by atoms with Gasteiger partial charge in [-0.15, -0.1) is 0 Å². The Kier molecular flexibility index (Phi) is 3.43. The SMILES string of the molecule is C=CN1CC[C@H](C(=O)c2cccc(Br)c2)C1=O. The average molecular weight is 294 g/mol. The molecule has 1 heterocycles. The van der Waals surface area contributed by atoms with Crippen LogP contribution in [0.1, 0.15) is 16.8 Å². The summed E-state index contributed by atoms with van der Waals surface area (Å²) in [6, 6.07) is 7.12. The number of Topliss-reactive ketones (excluding diaryl/α,β-unsaturated/α-hetero) is 1. The highest BCUT2D eigenvalue weighted by Gasteiger charge is 2.35. The van der Waals surface area contributed by atoms with Crippen molar-refractivity contribution in [3.63, 3.8) is 0 Å². The highest BCUT2D eigenvalue weighted by atomic mass is 79.9. The van der Waals surface area contributed by atoms with Crippen LogP contribution in [0.5, 0.6) is 0 Å². The third-order valence-electron chi connectivity index (χ3n) is 2.89. The van der Waals surface area contributed by atoms with E-state index in [1.54, 1.807) is 18.2 Å². The summed E-state index contributed by atoms with van der Waals surface area (Å²) >= 11 is 3.32. The number of benzene rings is 1. The summed E-state index contributed by atoms with van der Waals surface area (Å²) in [4.78, 5) is 25.5. The van der Waals surface area contributed by atoms with E-state index in [2.05, 4.69) is 22.5 Å². The van der Waals surface area contributed by atoms with Gasteiger partial charge < -0.3 is 4.90 Å². The fourth-order valence-electron chi connectivity index (χ4n) is 1.97. The van der Waals surface area contributed by atoms with Gasteiger partial charge in [-0.05, 0) is 24.8 Å². The van der Waals surface area contributed by atoms with Crippen LogP contribution < -0.4 is 0 Å². The fraction of sp³-hybridized carbons (Fsp3) is 0.231. The molecule has 0 unspecified atom stereocenters. The number of halogens is 1. The Bertz CT molecular complexity index is 484. The lowest BCUT2D eigenvalue weighted by atomic mass is 9.96. The van der Waals surface area contributed by atoms with Gasteiger partial charge in [0, 0.05) is 16.6 Å². The number of likely N-dealkylation sites (tertiary alicyclic amines) is 1. The fourth-order valence-corrected chi connectivity index (χ4v) is 2.37. The first-order valence-electron chi connectivity index (χ1n) is 5.36. The molecular weight excluding hydrogens is 282 g/mol. The predicted octanol–water partition coefficient (Wildman–Crippen LogP) is 2.62. The van der Waals surface area contributed by atoms with Gasteiger partial charge in [-0.3, -0.25) is 9.59 Å². The van der Waals surface area contributed by atoms with Gasteiger partial charge in [0.1, 0.15) is 5.92 Å². The number of nitrogens with zero attached hydrogens (tertiary/aromatic N) is 1. The van der Waals surface area contributed by atoms with Crippen LogP contribution in [0, 0.1) is 5.92 Å². The molecule has 1 atom stereocenters. The zero-order chi connectivity index (χ0) is 12.4. The molecule has 3 nitrogen and oxygen atoms in total. The summed E-state index contributed by atoms with van der Waals surface area (Å²) in [5.74, 6) is -0.812. The standard InChI is InChI=1S/C13H12BrNO2/c1-2-15-7-6-11(13(15)17)12(16)9-4-3-5-10(14)8-9/h2-5,8,11H,1,6-7H2/t11-/m1/s1. The Morgan fingerprint density at radius 2 is 2.29 bits per heavy atom. The third kappa shape index (κ3) is 2.31. The monoisotopic (exact) mass is 293 g/mol. The second kappa shape index (κ2) is 4.84. The van der Waals surface area contributed by atoms with E-state index in [-0.39, 0.29) is 11.7 Å². The minimum Gasteiger partial charge on any atom is -0.319 e. The highest BCUT2D eigenvalue weighted by molar-refractivity contribution is 9.10. The van der Waals surface area contributed by atoms with Gasteiger partial charge in [-0.2, -0.15) is 0 Å². The molecule has 1 aliphatic heterocycles. The summed E-state index contributed by atoms with van der Waals surface area (Å²) < 4.78 is 0.842. The topological polar surface area (TPSA) is 37.4 Å². The van der Waals surface area contributed by atoms with Crippen LogP contribution in [0.4, 0.5) is 0 Å². The van der Waals surface area contributed by atoms with E-state index in [1.807, 2.05) is 6.07 Å². The van der Waals surface area contributed by atoms with Crippen LogP contribution in [-0.4, -0.2) is 23.1 Å². The van der Waals surface area contributed by atoms with Crippen LogP contribution in [0.15, 0.2) is 41.5 Å². The first kappa shape index (κ1) is 12.0. The highest BCUT2D eigenvalue weighted by Crippen LogP contribution is 2.23. The second-order valence-corrected chi connectivity index (χ2v) is 4.85. The van der Waals surface area contributed by atoms with Crippen LogP contribution in [0.2, 0.25) is 0 Å². The summed E-state index contributed by atoms with van der Waals surface area (Å²) in [5.41, 5.74) is 0.573. The average Bonchev–Trinajstić information content (AvgIpc) is 2.69. The lowest BCUT2D eigenvalue weighted by Gasteiger charge is -2.10. The van der Waals surface area contributed by atoms with E-state index >= 15 is 0 Å². The number of hydrogen-bond donors (Lipinski definition) is 0. The largest absolute Gasteiger partial charge is 0.319 e. The van der Waals surface area contributed by atoms with Crippen molar-refractivity contribution in [1.29, 1.82) is 0 Å². The Hall–Kier alpha value is -1.42. The molecule has 0 aliphatic carbocycles. The number of carbonyl (C=O) groups excluding carboxylic acids is 2. The predicted molar refractivity (Wildman–Crippen MR) is 68.5 cm³/mol. The molecule has 1 saturated heterocycles. The van der Waals surface area contributed by atoms with Crippen molar-refractivity contribution in [3.05, 3.63) is 47.1 Å². The van der Waals surface area contributed by atoms with Crippen molar-refractivity contribution >= 4 is 27.6 Å². The maximum absolute atomic E-state index is 12.2. The maximum atomic E-state index is 12.2. The van der Waals surface area contributed by atoms with Crippen molar-refractivity contribution < 1.29 is 9.59 Å².